The molecule has 1 saturated carbocycles. The van der Waals surface area contributed by atoms with E-state index < -0.39 is 6.10 Å². The molecule has 2 atom stereocenters. The summed E-state index contributed by atoms with van der Waals surface area (Å²) in [7, 11) is 1.42. The minimum Gasteiger partial charge on any atom is -0.468 e. The van der Waals surface area contributed by atoms with E-state index in [0.717, 1.165) is 12.8 Å². The summed E-state index contributed by atoms with van der Waals surface area (Å²) in [6.45, 7) is 1.72. The van der Waals surface area contributed by atoms with E-state index >= 15 is 0 Å². The number of nitrogens with zero attached hydrogens (tertiary/aromatic N) is 2. The van der Waals surface area contributed by atoms with Gasteiger partial charge in [-0.05, 0) is 18.8 Å². The molecule has 1 heterocycles. The number of carbonyl (C=O) groups excluding carboxylic acids is 1. The molecule has 5 nitrogen and oxygen atoms in total. The fraction of sp³-hybridized carbons (Fsp3) is 0.818. The van der Waals surface area contributed by atoms with Gasteiger partial charge in [0.05, 0.1) is 19.8 Å². The monoisotopic (exact) mass is 224 g/mol. The Bertz CT molecular complexity index is 309. The summed E-state index contributed by atoms with van der Waals surface area (Å²) in [5.41, 5.74) is 0. The number of morpholine rings is 1. The van der Waals surface area contributed by atoms with E-state index in [-0.39, 0.29) is 12.0 Å². The largest absolute Gasteiger partial charge is 0.468 e. The van der Waals surface area contributed by atoms with Crippen molar-refractivity contribution in [1.29, 1.82) is 5.26 Å². The molecular formula is C11H16N2O3. The molecule has 0 spiro atoms. The third kappa shape index (κ3) is 2.34. The minimum absolute atomic E-state index is 0.176. The van der Waals surface area contributed by atoms with E-state index in [2.05, 4.69) is 6.07 Å². The Kier molecular flexibility index (Phi) is 3.42. The molecule has 0 aromatic rings. The molecule has 0 radical (unpaired) electrons. The molecule has 2 aliphatic rings. The molecule has 88 valence electrons. The van der Waals surface area contributed by atoms with E-state index in [1.165, 1.54) is 7.11 Å². The van der Waals surface area contributed by atoms with Gasteiger partial charge in [0.15, 0.2) is 6.10 Å². The Labute approximate surface area is 94.9 Å². The van der Waals surface area contributed by atoms with Crippen molar-refractivity contribution in [2.75, 3.05) is 26.8 Å². The summed E-state index contributed by atoms with van der Waals surface area (Å²) in [5.74, 6) is 0.228. The number of esters is 1. The van der Waals surface area contributed by atoms with Crippen molar-refractivity contribution in [3.05, 3.63) is 0 Å². The molecule has 16 heavy (non-hydrogen) atoms. The van der Waals surface area contributed by atoms with Gasteiger partial charge in [0.2, 0.25) is 0 Å². The van der Waals surface area contributed by atoms with Crippen molar-refractivity contribution >= 4 is 5.97 Å². The number of hydrogen-bond donors (Lipinski definition) is 0. The number of hydrogen-bond acceptors (Lipinski definition) is 5. The normalized spacial score (nSPS) is 28.1. The first-order valence-corrected chi connectivity index (χ1v) is 5.59. The molecular weight excluding hydrogens is 208 g/mol. The average Bonchev–Trinajstić information content (AvgIpc) is 3.14. The van der Waals surface area contributed by atoms with Crippen molar-refractivity contribution < 1.29 is 14.3 Å². The Hall–Kier alpha value is -1.12. The highest BCUT2D eigenvalue weighted by atomic mass is 16.5. The van der Waals surface area contributed by atoms with Crippen LogP contribution in [0.5, 0.6) is 0 Å². The molecule has 0 aromatic carbocycles. The highest BCUT2D eigenvalue weighted by Gasteiger charge is 2.42. The molecule has 2 unspecified atom stereocenters. The van der Waals surface area contributed by atoms with E-state index in [1.54, 1.807) is 0 Å². The maximum absolute atomic E-state index is 11.7. The van der Waals surface area contributed by atoms with Crippen LogP contribution in [0.4, 0.5) is 0 Å². The topological polar surface area (TPSA) is 62.6 Å². The summed E-state index contributed by atoms with van der Waals surface area (Å²) >= 11 is 0. The third-order valence-electron chi connectivity index (χ3n) is 3.15. The van der Waals surface area contributed by atoms with Gasteiger partial charge in [-0.1, -0.05) is 0 Å². The second-order valence-electron chi connectivity index (χ2n) is 4.29. The fourth-order valence-electron chi connectivity index (χ4n) is 2.17. The predicted octanol–water partition coefficient (Wildman–Crippen LogP) is 0.162. The van der Waals surface area contributed by atoms with Crippen LogP contribution in [0.2, 0.25) is 0 Å². The molecule has 0 aromatic heterocycles. The van der Waals surface area contributed by atoms with Gasteiger partial charge >= 0.3 is 5.97 Å². The Morgan fingerprint density at radius 1 is 1.62 bits per heavy atom. The van der Waals surface area contributed by atoms with Crippen molar-refractivity contribution in [2.24, 2.45) is 5.92 Å². The zero-order valence-electron chi connectivity index (χ0n) is 9.39. The van der Waals surface area contributed by atoms with E-state index in [4.69, 9.17) is 14.7 Å². The lowest BCUT2D eigenvalue weighted by Crippen LogP contribution is -2.51. The van der Waals surface area contributed by atoms with Gasteiger partial charge in [-0.25, -0.2) is 0 Å². The lowest BCUT2D eigenvalue weighted by Gasteiger charge is -2.34. The lowest BCUT2D eigenvalue weighted by atomic mass is 10.1. The van der Waals surface area contributed by atoms with E-state index in [0.29, 0.717) is 25.6 Å². The van der Waals surface area contributed by atoms with Crippen LogP contribution in [-0.4, -0.2) is 49.8 Å². The first-order valence-electron chi connectivity index (χ1n) is 5.59. The molecule has 2 rings (SSSR count). The quantitative estimate of drug-likeness (QED) is 0.639. The lowest BCUT2D eigenvalue weighted by molar-refractivity contribution is -0.150. The van der Waals surface area contributed by atoms with Gasteiger partial charge in [0, 0.05) is 13.1 Å². The summed E-state index contributed by atoms with van der Waals surface area (Å²) in [5, 5.41) is 8.82. The van der Waals surface area contributed by atoms with Crippen LogP contribution in [0.1, 0.15) is 12.8 Å². The summed E-state index contributed by atoms with van der Waals surface area (Å²) in [6.07, 6.45) is 1.74. The van der Waals surface area contributed by atoms with Crippen molar-refractivity contribution in [3.8, 4) is 6.07 Å². The van der Waals surface area contributed by atoms with Gasteiger partial charge in [-0.2, -0.15) is 5.26 Å². The number of carbonyl (C=O) groups is 1. The molecule has 0 amide bonds. The number of nitriles is 1. The Balaban J connectivity index is 2.02. The smallest absolute Gasteiger partial charge is 0.323 e. The molecule has 1 saturated heterocycles. The van der Waals surface area contributed by atoms with Crippen LogP contribution in [0.25, 0.3) is 0 Å². The van der Waals surface area contributed by atoms with Crippen molar-refractivity contribution in [3.63, 3.8) is 0 Å². The molecule has 1 aliphatic carbocycles. The van der Waals surface area contributed by atoms with Crippen molar-refractivity contribution in [2.45, 2.75) is 25.0 Å². The summed E-state index contributed by atoms with van der Waals surface area (Å²) in [6, 6.07) is 1.91. The minimum atomic E-state index is -0.417. The standard InChI is InChI=1S/C11H16N2O3/c1-15-11(14)10(8-2-3-8)13-4-5-16-9(6-12)7-13/h8-10H,2-5,7H2,1H3. The second-order valence-corrected chi connectivity index (χ2v) is 4.29. The first-order chi connectivity index (χ1) is 7.76. The predicted molar refractivity (Wildman–Crippen MR) is 55.5 cm³/mol. The van der Waals surface area contributed by atoms with Crippen LogP contribution < -0.4 is 0 Å². The van der Waals surface area contributed by atoms with Gasteiger partial charge in [0.25, 0.3) is 0 Å². The van der Waals surface area contributed by atoms with Crippen LogP contribution in [-0.2, 0) is 14.3 Å². The van der Waals surface area contributed by atoms with Crippen LogP contribution >= 0.6 is 0 Å². The Morgan fingerprint density at radius 3 is 2.94 bits per heavy atom. The maximum Gasteiger partial charge on any atom is 0.323 e. The third-order valence-corrected chi connectivity index (χ3v) is 3.15. The first kappa shape index (κ1) is 11.4. The zero-order chi connectivity index (χ0) is 11.5. The molecule has 0 N–H and O–H groups in total. The highest BCUT2D eigenvalue weighted by molar-refractivity contribution is 5.76. The van der Waals surface area contributed by atoms with Gasteiger partial charge in [0.1, 0.15) is 6.04 Å². The fourth-order valence-corrected chi connectivity index (χ4v) is 2.17. The van der Waals surface area contributed by atoms with E-state index in [1.807, 2.05) is 4.90 Å². The summed E-state index contributed by atoms with van der Waals surface area (Å²) < 4.78 is 10.1. The highest BCUT2D eigenvalue weighted by Crippen LogP contribution is 2.36. The van der Waals surface area contributed by atoms with E-state index in [9.17, 15) is 4.79 Å². The number of ether oxygens (including phenoxy) is 2. The van der Waals surface area contributed by atoms with Crippen LogP contribution in [0, 0.1) is 17.2 Å². The van der Waals surface area contributed by atoms with Gasteiger partial charge < -0.3 is 9.47 Å². The molecule has 2 fully saturated rings. The number of rotatable bonds is 3. The Morgan fingerprint density at radius 2 is 2.38 bits per heavy atom. The second kappa shape index (κ2) is 4.81. The molecule has 0 bridgehead atoms. The molecule has 5 heteroatoms. The molecule has 1 aliphatic heterocycles. The number of methoxy groups -OCH3 is 1. The SMILES string of the molecule is COC(=O)C(C1CC1)N1CCOC(C#N)C1. The maximum atomic E-state index is 11.7. The summed E-state index contributed by atoms with van der Waals surface area (Å²) in [4.78, 5) is 13.7. The average molecular weight is 224 g/mol. The van der Waals surface area contributed by atoms with Crippen LogP contribution in [0.3, 0.4) is 0 Å². The van der Waals surface area contributed by atoms with Crippen molar-refractivity contribution in [1.82, 2.24) is 4.90 Å². The van der Waals surface area contributed by atoms with Crippen LogP contribution in [0.15, 0.2) is 0 Å². The van der Waals surface area contributed by atoms with Gasteiger partial charge in [-0.15, -0.1) is 0 Å². The van der Waals surface area contributed by atoms with Gasteiger partial charge in [-0.3, -0.25) is 9.69 Å². The zero-order valence-corrected chi connectivity index (χ0v) is 9.39.